The summed E-state index contributed by atoms with van der Waals surface area (Å²) in [6.07, 6.45) is 1.64. The third kappa shape index (κ3) is 3.35. The van der Waals surface area contributed by atoms with Crippen LogP contribution in [0.4, 0.5) is 4.39 Å². The van der Waals surface area contributed by atoms with Crippen molar-refractivity contribution < 1.29 is 13.9 Å². The summed E-state index contributed by atoms with van der Waals surface area (Å²) in [5.74, 6) is -0.384. The maximum Gasteiger partial charge on any atom is 0.268 e. The topological polar surface area (TPSA) is 43.3 Å². The van der Waals surface area contributed by atoms with Crippen molar-refractivity contribution in [3.8, 4) is 0 Å². The Hall–Kier alpha value is -2.66. The highest BCUT2D eigenvalue weighted by Gasteiger charge is 2.21. The monoisotopic (exact) mass is 352 g/mol. The summed E-state index contributed by atoms with van der Waals surface area (Å²) >= 11 is 0. The lowest BCUT2D eigenvalue weighted by Crippen LogP contribution is -2.39. The zero-order valence-electron chi connectivity index (χ0n) is 14.5. The molecule has 1 amide bonds. The molecular weight excluding hydrogens is 331 g/mol. The summed E-state index contributed by atoms with van der Waals surface area (Å²) in [4.78, 5) is 12.9. The Morgan fingerprint density at radius 3 is 2.65 bits per heavy atom. The molecule has 1 aliphatic rings. The van der Waals surface area contributed by atoms with Crippen LogP contribution in [-0.2, 0) is 11.3 Å². The molecule has 0 radical (unpaired) electrons. The van der Waals surface area contributed by atoms with Crippen LogP contribution in [0.25, 0.3) is 10.9 Å². The van der Waals surface area contributed by atoms with Gasteiger partial charge in [-0.15, -0.1) is 0 Å². The van der Waals surface area contributed by atoms with Gasteiger partial charge < -0.3 is 14.6 Å². The first-order chi connectivity index (χ1) is 12.7. The highest BCUT2D eigenvalue weighted by molar-refractivity contribution is 5.99. The number of nitrogens with zero attached hydrogens (tertiary/aromatic N) is 1. The molecule has 0 atom stereocenters. The SMILES string of the molecule is O=C(NC1CCOCC1)c1cc2ccccc2n1Cc1ccccc1F. The number of hydrogen-bond acceptors (Lipinski definition) is 2. The number of halogens is 1. The van der Waals surface area contributed by atoms with Crippen molar-refractivity contribution in [3.63, 3.8) is 0 Å². The van der Waals surface area contributed by atoms with Gasteiger partial charge in [0.1, 0.15) is 11.5 Å². The van der Waals surface area contributed by atoms with Gasteiger partial charge in [-0.3, -0.25) is 4.79 Å². The Labute approximate surface area is 151 Å². The standard InChI is InChI=1S/C21H21FN2O2/c22-18-7-3-1-6-16(18)14-24-19-8-4-2-5-15(19)13-20(24)21(25)23-17-9-11-26-12-10-17/h1-8,13,17H,9-12,14H2,(H,23,25). The quantitative estimate of drug-likeness (QED) is 0.777. The molecule has 3 aromatic rings. The number of amides is 1. The molecule has 2 heterocycles. The Balaban J connectivity index is 1.69. The lowest BCUT2D eigenvalue weighted by Gasteiger charge is -2.23. The molecule has 5 heteroatoms. The minimum absolute atomic E-state index is 0.121. The minimum Gasteiger partial charge on any atom is -0.381 e. The lowest BCUT2D eigenvalue weighted by atomic mass is 10.1. The molecule has 2 aromatic carbocycles. The zero-order valence-corrected chi connectivity index (χ0v) is 14.5. The van der Waals surface area contributed by atoms with Crippen LogP contribution in [0, 0.1) is 5.82 Å². The fraction of sp³-hybridized carbons (Fsp3) is 0.286. The fourth-order valence-electron chi connectivity index (χ4n) is 3.47. The summed E-state index contributed by atoms with van der Waals surface area (Å²) in [6, 6.07) is 16.5. The van der Waals surface area contributed by atoms with Crippen molar-refractivity contribution in [1.29, 1.82) is 0 Å². The maximum atomic E-state index is 14.2. The van der Waals surface area contributed by atoms with E-state index in [9.17, 15) is 9.18 Å². The van der Waals surface area contributed by atoms with Gasteiger partial charge in [0.15, 0.2) is 0 Å². The highest BCUT2D eigenvalue weighted by atomic mass is 19.1. The van der Waals surface area contributed by atoms with Crippen molar-refractivity contribution in [2.75, 3.05) is 13.2 Å². The number of carbonyl (C=O) groups excluding carboxylic acids is 1. The van der Waals surface area contributed by atoms with Gasteiger partial charge in [0.2, 0.25) is 0 Å². The third-order valence-electron chi connectivity index (χ3n) is 4.89. The molecule has 1 aliphatic heterocycles. The first-order valence-electron chi connectivity index (χ1n) is 8.92. The predicted octanol–water partition coefficient (Wildman–Crippen LogP) is 3.74. The molecule has 0 unspecified atom stereocenters. The predicted molar refractivity (Wildman–Crippen MR) is 98.7 cm³/mol. The summed E-state index contributed by atoms with van der Waals surface area (Å²) in [6.45, 7) is 1.66. The van der Waals surface area contributed by atoms with Crippen LogP contribution in [-0.4, -0.2) is 29.7 Å². The van der Waals surface area contributed by atoms with Gasteiger partial charge >= 0.3 is 0 Å². The number of para-hydroxylation sites is 1. The van der Waals surface area contributed by atoms with Crippen LogP contribution in [0.1, 0.15) is 28.9 Å². The number of nitrogens with one attached hydrogen (secondary N) is 1. The van der Waals surface area contributed by atoms with E-state index in [1.54, 1.807) is 12.1 Å². The summed E-state index contributed by atoms with van der Waals surface area (Å²) < 4.78 is 21.4. The molecule has 0 bridgehead atoms. The second kappa shape index (κ2) is 7.30. The molecule has 26 heavy (non-hydrogen) atoms. The van der Waals surface area contributed by atoms with Gasteiger partial charge in [0.05, 0.1) is 6.54 Å². The number of ether oxygens (including phenoxy) is 1. The average molecular weight is 352 g/mol. The molecule has 1 aromatic heterocycles. The largest absolute Gasteiger partial charge is 0.381 e. The first kappa shape index (κ1) is 16.8. The smallest absolute Gasteiger partial charge is 0.268 e. The van der Waals surface area contributed by atoms with Crippen molar-refractivity contribution in [3.05, 3.63) is 71.7 Å². The number of hydrogen-bond donors (Lipinski definition) is 1. The van der Waals surface area contributed by atoms with Crippen molar-refractivity contribution in [1.82, 2.24) is 9.88 Å². The molecule has 4 nitrogen and oxygen atoms in total. The molecule has 1 saturated heterocycles. The Kier molecular flexibility index (Phi) is 4.71. The van der Waals surface area contributed by atoms with E-state index in [1.807, 2.05) is 41.0 Å². The minimum atomic E-state index is -0.263. The van der Waals surface area contributed by atoms with Crippen molar-refractivity contribution in [2.24, 2.45) is 0 Å². The van der Waals surface area contributed by atoms with E-state index >= 15 is 0 Å². The first-order valence-corrected chi connectivity index (χ1v) is 8.92. The van der Waals surface area contributed by atoms with Gasteiger partial charge in [0, 0.05) is 35.7 Å². The zero-order chi connectivity index (χ0) is 17.9. The van der Waals surface area contributed by atoms with Crippen molar-refractivity contribution in [2.45, 2.75) is 25.4 Å². The number of carbonyl (C=O) groups is 1. The molecule has 1 fully saturated rings. The molecule has 0 aliphatic carbocycles. The average Bonchev–Trinajstić information content (AvgIpc) is 3.03. The van der Waals surface area contributed by atoms with Gasteiger partial charge in [-0.05, 0) is 31.0 Å². The van der Waals surface area contributed by atoms with Gasteiger partial charge in [-0.2, -0.15) is 0 Å². The number of aromatic nitrogens is 1. The summed E-state index contributed by atoms with van der Waals surface area (Å²) in [5.41, 5.74) is 2.04. The van der Waals surface area contributed by atoms with Gasteiger partial charge in [-0.25, -0.2) is 4.39 Å². The second-order valence-electron chi connectivity index (χ2n) is 6.63. The molecule has 0 saturated carbocycles. The molecule has 134 valence electrons. The van der Waals surface area contributed by atoms with Crippen LogP contribution in [0.3, 0.4) is 0 Å². The maximum absolute atomic E-state index is 14.2. The van der Waals surface area contributed by atoms with Crippen LogP contribution in [0.5, 0.6) is 0 Å². The molecule has 1 N–H and O–H groups in total. The lowest BCUT2D eigenvalue weighted by molar-refractivity contribution is 0.0692. The van der Waals surface area contributed by atoms with E-state index in [-0.39, 0.29) is 17.8 Å². The Morgan fingerprint density at radius 2 is 1.85 bits per heavy atom. The van der Waals surface area contributed by atoms with E-state index in [4.69, 9.17) is 4.74 Å². The van der Waals surface area contributed by atoms with Crippen LogP contribution in [0.15, 0.2) is 54.6 Å². The molecule has 4 rings (SSSR count). The summed E-state index contributed by atoms with van der Waals surface area (Å²) in [7, 11) is 0. The number of benzene rings is 2. The van der Waals surface area contributed by atoms with Crippen molar-refractivity contribution >= 4 is 16.8 Å². The van der Waals surface area contributed by atoms with Crippen LogP contribution in [0.2, 0.25) is 0 Å². The van der Waals surface area contributed by atoms with Gasteiger partial charge in [-0.1, -0.05) is 36.4 Å². The molecule has 0 spiro atoms. The Morgan fingerprint density at radius 1 is 1.12 bits per heavy atom. The van der Waals surface area contributed by atoms with Crippen LogP contribution < -0.4 is 5.32 Å². The van der Waals surface area contributed by atoms with E-state index in [0.717, 1.165) is 23.7 Å². The van der Waals surface area contributed by atoms with Crippen LogP contribution >= 0.6 is 0 Å². The fourth-order valence-corrected chi connectivity index (χ4v) is 3.47. The van der Waals surface area contributed by atoms with E-state index < -0.39 is 0 Å². The number of fused-ring (bicyclic) bond motifs is 1. The second-order valence-corrected chi connectivity index (χ2v) is 6.63. The van der Waals surface area contributed by atoms with E-state index in [1.165, 1.54) is 6.07 Å². The Bertz CT molecular complexity index is 929. The number of rotatable bonds is 4. The van der Waals surface area contributed by atoms with E-state index in [0.29, 0.717) is 31.0 Å². The molecular formula is C21H21FN2O2. The third-order valence-corrected chi connectivity index (χ3v) is 4.89. The summed E-state index contributed by atoms with van der Waals surface area (Å²) in [5, 5.41) is 4.08. The normalized spacial score (nSPS) is 15.3. The van der Waals surface area contributed by atoms with Gasteiger partial charge in [0.25, 0.3) is 5.91 Å². The highest BCUT2D eigenvalue weighted by Crippen LogP contribution is 2.22. The van der Waals surface area contributed by atoms with E-state index in [2.05, 4.69) is 5.32 Å².